The standard InChI is InChI=1S/C12H15N9O/c1-6-4-8(19-22-6)9-16-11-7-5-15-20(3-2-13)10(7)17-12(14)21(11)18-9/h4-5,9,18H,2-3,13H2,1H3,(H2,14,17). The van der Waals surface area contributed by atoms with Crippen molar-refractivity contribution in [1.82, 2.24) is 25.4 Å². The second-order valence-electron chi connectivity index (χ2n) is 5.05. The predicted octanol–water partition coefficient (Wildman–Crippen LogP) is -0.636. The van der Waals surface area contributed by atoms with E-state index in [1.54, 1.807) is 15.9 Å². The first-order valence-electron chi connectivity index (χ1n) is 6.85. The fourth-order valence-corrected chi connectivity index (χ4v) is 2.50. The molecule has 0 amide bonds. The van der Waals surface area contributed by atoms with Gasteiger partial charge in [0.25, 0.3) is 0 Å². The molecule has 0 bridgehead atoms. The Morgan fingerprint density at radius 1 is 1.45 bits per heavy atom. The fraction of sp³-hybridized carbons (Fsp3) is 0.333. The van der Waals surface area contributed by atoms with Gasteiger partial charge < -0.3 is 16.0 Å². The van der Waals surface area contributed by atoms with Gasteiger partial charge >= 0.3 is 0 Å². The molecule has 2 aromatic rings. The van der Waals surface area contributed by atoms with Gasteiger partial charge in [0.05, 0.1) is 18.3 Å². The molecule has 4 heterocycles. The molecule has 0 saturated carbocycles. The molecule has 22 heavy (non-hydrogen) atoms. The maximum atomic E-state index is 6.02. The molecule has 2 aromatic heterocycles. The number of amidine groups is 1. The van der Waals surface area contributed by atoms with Crippen molar-refractivity contribution in [3.05, 3.63) is 29.3 Å². The number of guanidine groups is 1. The molecule has 114 valence electrons. The van der Waals surface area contributed by atoms with Crippen LogP contribution in [-0.2, 0) is 6.54 Å². The van der Waals surface area contributed by atoms with Crippen LogP contribution < -0.4 is 16.9 Å². The number of fused-ring (bicyclic) bond motifs is 3. The summed E-state index contributed by atoms with van der Waals surface area (Å²) in [5.41, 5.74) is 16.2. The van der Waals surface area contributed by atoms with Gasteiger partial charge in [0.15, 0.2) is 17.8 Å². The average molecular weight is 301 g/mol. The summed E-state index contributed by atoms with van der Waals surface area (Å²) in [6, 6.07) is 1.83. The van der Waals surface area contributed by atoms with Crippen molar-refractivity contribution in [3.63, 3.8) is 0 Å². The van der Waals surface area contributed by atoms with Gasteiger partial charge in [-0.3, -0.25) is 0 Å². The Labute approximate surface area is 125 Å². The molecule has 10 nitrogen and oxygen atoms in total. The topological polar surface area (TPSA) is 136 Å². The van der Waals surface area contributed by atoms with Crippen LogP contribution in [-0.4, -0.2) is 38.3 Å². The molecular weight excluding hydrogens is 286 g/mol. The van der Waals surface area contributed by atoms with Crippen LogP contribution in [0.25, 0.3) is 0 Å². The fourth-order valence-electron chi connectivity index (χ4n) is 2.50. The molecule has 0 radical (unpaired) electrons. The number of hydrogen-bond donors (Lipinski definition) is 3. The molecule has 1 atom stereocenters. The minimum absolute atomic E-state index is 0.299. The maximum Gasteiger partial charge on any atom is 0.219 e. The molecule has 5 N–H and O–H groups in total. The number of hydrazine groups is 1. The lowest BCUT2D eigenvalue weighted by Crippen LogP contribution is -2.48. The third kappa shape index (κ3) is 1.81. The van der Waals surface area contributed by atoms with Crippen molar-refractivity contribution in [3.8, 4) is 0 Å². The van der Waals surface area contributed by atoms with Crippen molar-refractivity contribution in [2.45, 2.75) is 19.6 Å². The lowest BCUT2D eigenvalue weighted by Gasteiger charge is -2.23. The normalized spacial score (nSPS) is 19.7. The highest BCUT2D eigenvalue weighted by Gasteiger charge is 2.36. The molecule has 0 aromatic carbocycles. The molecule has 10 heteroatoms. The average Bonchev–Trinajstić information content (AvgIpc) is 3.18. The van der Waals surface area contributed by atoms with E-state index in [2.05, 4.69) is 25.7 Å². The Kier molecular flexibility index (Phi) is 2.74. The van der Waals surface area contributed by atoms with E-state index in [0.29, 0.717) is 36.4 Å². The summed E-state index contributed by atoms with van der Waals surface area (Å²) in [6.07, 6.45) is 1.34. The van der Waals surface area contributed by atoms with Crippen molar-refractivity contribution >= 4 is 17.6 Å². The van der Waals surface area contributed by atoms with Crippen LogP contribution in [0.2, 0.25) is 0 Å². The highest BCUT2D eigenvalue weighted by Crippen LogP contribution is 2.30. The first kappa shape index (κ1) is 13.0. The number of aryl methyl sites for hydroxylation is 1. The Morgan fingerprint density at radius 2 is 2.32 bits per heavy atom. The first-order chi connectivity index (χ1) is 10.7. The zero-order chi connectivity index (χ0) is 15.3. The predicted molar refractivity (Wildman–Crippen MR) is 78.1 cm³/mol. The van der Waals surface area contributed by atoms with Crippen molar-refractivity contribution in [1.29, 1.82) is 0 Å². The quantitative estimate of drug-likeness (QED) is 0.686. The zero-order valence-electron chi connectivity index (χ0n) is 11.9. The van der Waals surface area contributed by atoms with E-state index in [9.17, 15) is 0 Å². The summed E-state index contributed by atoms with van der Waals surface area (Å²) in [4.78, 5) is 9.00. The Morgan fingerprint density at radius 3 is 3.05 bits per heavy atom. The Balaban J connectivity index is 1.76. The summed E-state index contributed by atoms with van der Waals surface area (Å²) in [6.45, 7) is 2.87. The third-order valence-electron chi connectivity index (χ3n) is 3.48. The van der Waals surface area contributed by atoms with E-state index < -0.39 is 0 Å². The van der Waals surface area contributed by atoms with Gasteiger partial charge in [0.1, 0.15) is 11.5 Å². The minimum atomic E-state index is -0.370. The second kappa shape index (κ2) is 4.64. The highest BCUT2D eigenvalue weighted by molar-refractivity contribution is 6.14. The Hall–Kier alpha value is -2.72. The van der Waals surface area contributed by atoms with Crippen LogP contribution in [0.1, 0.15) is 23.2 Å². The van der Waals surface area contributed by atoms with Gasteiger partial charge in [0, 0.05) is 12.6 Å². The summed E-state index contributed by atoms with van der Waals surface area (Å²) in [5.74, 6) is 2.35. The first-order valence-corrected chi connectivity index (χ1v) is 6.85. The minimum Gasteiger partial charge on any atom is -0.368 e. The molecule has 0 fully saturated rings. The van der Waals surface area contributed by atoms with Crippen LogP contribution >= 0.6 is 0 Å². The molecule has 0 saturated heterocycles. The highest BCUT2D eigenvalue weighted by atomic mass is 16.5. The molecule has 0 aliphatic carbocycles. The SMILES string of the molecule is Cc1cc(C2N=C3c4cnn(CCN)c4N=C(N)N3N2)no1. The Bertz CT molecular complexity index is 786. The van der Waals surface area contributed by atoms with Gasteiger partial charge in [-0.05, 0) is 6.92 Å². The molecule has 4 rings (SSSR count). The summed E-state index contributed by atoms with van der Waals surface area (Å²) in [5, 5.41) is 9.90. The van der Waals surface area contributed by atoms with E-state index in [1.165, 1.54) is 0 Å². The van der Waals surface area contributed by atoms with E-state index in [0.717, 1.165) is 11.3 Å². The van der Waals surface area contributed by atoms with E-state index >= 15 is 0 Å². The second-order valence-corrected chi connectivity index (χ2v) is 5.05. The molecular formula is C12H15N9O. The van der Waals surface area contributed by atoms with Crippen LogP contribution in [0, 0.1) is 6.92 Å². The van der Waals surface area contributed by atoms with Crippen LogP contribution in [0.3, 0.4) is 0 Å². The number of nitrogens with zero attached hydrogens (tertiary/aromatic N) is 6. The number of hydrogen-bond acceptors (Lipinski definition) is 9. The number of aromatic nitrogens is 3. The van der Waals surface area contributed by atoms with Crippen LogP contribution in [0.4, 0.5) is 5.82 Å². The van der Waals surface area contributed by atoms with Crippen molar-refractivity contribution < 1.29 is 4.52 Å². The molecule has 0 spiro atoms. The number of aliphatic imine (C=N–C) groups is 2. The maximum absolute atomic E-state index is 6.02. The van der Waals surface area contributed by atoms with Gasteiger partial charge in [-0.2, -0.15) is 15.5 Å². The summed E-state index contributed by atoms with van der Waals surface area (Å²) >= 11 is 0. The van der Waals surface area contributed by atoms with E-state index in [1.807, 2.05) is 13.0 Å². The summed E-state index contributed by atoms with van der Waals surface area (Å²) in [7, 11) is 0. The van der Waals surface area contributed by atoms with Crippen molar-refractivity contribution in [2.24, 2.45) is 21.5 Å². The van der Waals surface area contributed by atoms with E-state index in [4.69, 9.17) is 16.0 Å². The van der Waals surface area contributed by atoms with Gasteiger partial charge in [0.2, 0.25) is 5.96 Å². The van der Waals surface area contributed by atoms with Gasteiger partial charge in [-0.15, -0.1) is 0 Å². The lowest BCUT2D eigenvalue weighted by molar-refractivity contribution is 0.361. The largest absolute Gasteiger partial charge is 0.368 e. The van der Waals surface area contributed by atoms with Gasteiger partial charge in [-0.25, -0.2) is 14.7 Å². The van der Waals surface area contributed by atoms with Crippen LogP contribution in [0.5, 0.6) is 0 Å². The number of nitrogens with two attached hydrogens (primary N) is 2. The van der Waals surface area contributed by atoms with Crippen molar-refractivity contribution in [2.75, 3.05) is 6.54 Å². The zero-order valence-corrected chi connectivity index (χ0v) is 11.9. The third-order valence-corrected chi connectivity index (χ3v) is 3.48. The van der Waals surface area contributed by atoms with Crippen LogP contribution in [0.15, 0.2) is 26.8 Å². The number of nitrogens with one attached hydrogen (secondary N) is 1. The molecule has 2 aliphatic rings. The monoisotopic (exact) mass is 301 g/mol. The summed E-state index contributed by atoms with van der Waals surface area (Å²) < 4.78 is 6.81. The smallest absolute Gasteiger partial charge is 0.219 e. The van der Waals surface area contributed by atoms with Gasteiger partial charge in [-0.1, -0.05) is 5.16 Å². The van der Waals surface area contributed by atoms with E-state index in [-0.39, 0.29) is 6.17 Å². The molecule has 1 unspecified atom stereocenters. The number of rotatable bonds is 3. The lowest BCUT2D eigenvalue weighted by atomic mass is 10.2. The molecule has 2 aliphatic heterocycles.